The van der Waals surface area contributed by atoms with E-state index in [9.17, 15) is 9.59 Å². The second-order valence-electron chi connectivity index (χ2n) is 9.52. The molecule has 2 aliphatic rings. The lowest BCUT2D eigenvalue weighted by Crippen LogP contribution is -2.37. The molecule has 1 aromatic carbocycles. The third-order valence-corrected chi connectivity index (χ3v) is 8.71. The van der Waals surface area contributed by atoms with E-state index in [-0.39, 0.29) is 16.9 Å². The van der Waals surface area contributed by atoms with Gasteiger partial charge in [-0.05, 0) is 63.2 Å². The molecule has 4 aromatic rings. The minimum atomic E-state index is -0.338. The van der Waals surface area contributed by atoms with Crippen LogP contribution in [-0.2, 0) is 4.74 Å². The molecule has 0 aliphatic carbocycles. The Hall–Kier alpha value is -2.72. The number of fused-ring (bicyclic) bond motifs is 5. The summed E-state index contributed by atoms with van der Waals surface area (Å²) in [5, 5.41) is 4.03. The van der Waals surface area contributed by atoms with Gasteiger partial charge in [-0.1, -0.05) is 11.6 Å². The quantitative estimate of drug-likeness (QED) is 0.427. The molecule has 6 rings (SSSR count). The number of halogens is 1. The minimum Gasteiger partial charge on any atom is -0.378 e. The number of rotatable bonds is 5. The average molecular weight is 526 g/mol. The Kier molecular flexibility index (Phi) is 6.33. The van der Waals surface area contributed by atoms with E-state index in [0.29, 0.717) is 46.7 Å². The van der Waals surface area contributed by atoms with Crippen LogP contribution < -0.4 is 15.6 Å². The molecule has 0 saturated carbocycles. The van der Waals surface area contributed by atoms with Gasteiger partial charge in [0.15, 0.2) is 5.65 Å². The normalized spacial score (nSPS) is 19.1. The van der Waals surface area contributed by atoms with E-state index in [0.717, 1.165) is 48.5 Å². The Bertz CT molecular complexity index is 1530. The molecule has 2 saturated heterocycles. The average Bonchev–Trinajstić information content (AvgIpc) is 3.47. The maximum absolute atomic E-state index is 13.7. The van der Waals surface area contributed by atoms with Crippen LogP contribution in [0.25, 0.3) is 26.1 Å². The van der Waals surface area contributed by atoms with E-state index in [1.54, 1.807) is 6.07 Å². The third-order valence-electron chi connectivity index (χ3n) is 7.33. The standard InChI is InChI=1S/C26H28ClN5O3S/c1-30-10-2-3-17(30)8-9-28-25(34)22-23(33)18-5-7-21(31-11-13-35-14-12-31)29-24(18)32-19-15-16(27)4-6-20(19)36-26(22)32/h4-7,15,17H,2-3,8-14H2,1H3,(H,28,34). The summed E-state index contributed by atoms with van der Waals surface area (Å²) in [4.78, 5) is 37.2. The topological polar surface area (TPSA) is 79.2 Å². The largest absolute Gasteiger partial charge is 0.378 e. The SMILES string of the molecule is CN1CCCC1CCNC(=O)c1c(=O)c2ccc(N3CCOCC3)nc2n2c1sc1ccc(Cl)cc12. The van der Waals surface area contributed by atoms with Crippen LogP contribution in [-0.4, -0.2) is 72.7 Å². The van der Waals surface area contributed by atoms with Crippen LogP contribution in [0.4, 0.5) is 5.82 Å². The first kappa shape index (κ1) is 23.7. The fourth-order valence-corrected chi connectivity index (χ4v) is 6.68. The number of morpholine rings is 1. The van der Waals surface area contributed by atoms with Crippen LogP contribution >= 0.6 is 22.9 Å². The van der Waals surface area contributed by atoms with Gasteiger partial charge in [-0.2, -0.15) is 0 Å². The molecule has 1 amide bonds. The first-order valence-corrected chi connectivity index (χ1v) is 13.6. The first-order chi connectivity index (χ1) is 17.5. The van der Waals surface area contributed by atoms with Gasteiger partial charge in [0.25, 0.3) is 5.91 Å². The highest BCUT2D eigenvalue weighted by Crippen LogP contribution is 2.33. The second kappa shape index (κ2) is 9.63. The van der Waals surface area contributed by atoms with Gasteiger partial charge in [0.1, 0.15) is 16.2 Å². The minimum absolute atomic E-state index is 0.167. The summed E-state index contributed by atoms with van der Waals surface area (Å²) in [5.41, 5.74) is 1.25. The molecule has 1 atom stereocenters. The zero-order valence-electron chi connectivity index (χ0n) is 20.1. The molecule has 0 radical (unpaired) electrons. The van der Waals surface area contributed by atoms with E-state index < -0.39 is 0 Å². The van der Waals surface area contributed by atoms with Crippen LogP contribution in [0.15, 0.2) is 35.1 Å². The molecule has 5 heterocycles. The van der Waals surface area contributed by atoms with E-state index in [1.807, 2.05) is 28.7 Å². The van der Waals surface area contributed by atoms with Crippen LogP contribution in [0.5, 0.6) is 0 Å². The summed E-state index contributed by atoms with van der Waals surface area (Å²) in [6.45, 7) is 4.38. The molecule has 0 spiro atoms. The van der Waals surface area contributed by atoms with E-state index in [1.165, 1.54) is 17.8 Å². The van der Waals surface area contributed by atoms with Crippen molar-refractivity contribution in [2.75, 3.05) is 51.3 Å². The molecule has 8 nitrogen and oxygen atoms in total. The Morgan fingerprint density at radius 1 is 1.22 bits per heavy atom. The van der Waals surface area contributed by atoms with Crippen LogP contribution in [0, 0.1) is 0 Å². The molecule has 36 heavy (non-hydrogen) atoms. The summed E-state index contributed by atoms with van der Waals surface area (Å²) in [5.74, 6) is 0.452. The fourth-order valence-electron chi connectivity index (χ4n) is 5.36. The second-order valence-corrected chi connectivity index (χ2v) is 11.0. The highest BCUT2D eigenvalue weighted by molar-refractivity contribution is 7.24. The molecule has 10 heteroatoms. The number of hydrogen-bond acceptors (Lipinski definition) is 7. The smallest absolute Gasteiger partial charge is 0.258 e. The van der Waals surface area contributed by atoms with Gasteiger partial charge < -0.3 is 19.9 Å². The van der Waals surface area contributed by atoms with Crippen LogP contribution in [0.1, 0.15) is 29.6 Å². The Labute approximate surface area is 217 Å². The Morgan fingerprint density at radius 2 is 2.06 bits per heavy atom. The predicted molar refractivity (Wildman–Crippen MR) is 145 cm³/mol. The molecule has 3 aromatic heterocycles. The zero-order chi connectivity index (χ0) is 24.8. The van der Waals surface area contributed by atoms with Crippen molar-refractivity contribution in [2.24, 2.45) is 0 Å². The van der Waals surface area contributed by atoms with Crippen molar-refractivity contribution in [1.29, 1.82) is 0 Å². The number of hydrogen-bond donors (Lipinski definition) is 1. The number of nitrogens with one attached hydrogen (secondary N) is 1. The lowest BCUT2D eigenvalue weighted by Gasteiger charge is -2.28. The number of carbonyl (C=O) groups is 1. The van der Waals surface area contributed by atoms with Crippen molar-refractivity contribution in [1.82, 2.24) is 19.6 Å². The highest BCUT2D eigenvalue weighted by atomic mass is 35.5. The van der Waals surface area contributed by atoms with E-state index in [2.05, 4.69) is 22.2 Å². The molecule has 188 valence electrons. The van der Waals surface area contributed by atoms with Gasteiger partial charge in [-0.3, -0.25) is 14.0 Å². The number of ether oxygens (including phenoxy) is 1. The van der Waals surface area contributed by atoms with Crippen molar-refractivity contribution in [3.63, 3.8) is 0 Å². The summed E-state index contributed by atoms with van der Waals surface area (Å²) in [7, 11) is 2.12. The van der Waals surface area contributed by atoms with Crippen LogP contribution in [0.2, 0.25) is 5.02 Å². The monoisotopic (exact) mass is 525 g/mol. The van der Waals surface area contributed by atoms with Gasteiger partial charge in [0.2, 0.25) is 5.43 Å². The number of thiazole rings is 1. The lowest BCUT2D eigenvalue weighted by molar-refractivity contribution is 0.0951. The van der Waals surface area contributed by atoms with E-state index in [4.69, 9.17) is 21.3 Å². The van der Waals surface area contributed by atoms with Crippen molar-refractivity contribution in [3.05, 3.63) is 51.1 Å². The first-order valence-electron chi connectivity index (χ1n) is 12.4. The lowest BCUT2D eigenvalue weighted by atomic mass is 10.1. The Balaban J connectivity index is 1.47. The van der Waals surface area contributed by atoms with Gasteiger partial charge in [-0.25, -0.2) is 4.98 Å². The van der Waals surface area contributed by atoms with Crippen LogP contribution in [0.3, 0.4) is 0 Å². The van der Waals surface area contributed by atoms with Gasteiger partial charge in [0.05, 0.1) is 28.8 Å². The number of amides is 1. The summed E-state index contributed by atoms with van der Waals surface area (Å²) in [6, 6.07) is 9.74. The third kappa shape index (κ3) is 4.14. The summed E-state index contributed by atoms with van der Waals surface area (Å²) in [6.07, 6.45) is 3.20. The molecule has 1 N–H and O–H groups in total. The van der Waals surface area contributed by atoms with E-state index >= 15 is 0 Å². The van der Waals surface area contributed by atoms with Crippen molar-refractivity contribution in [2.45, 2.75) is 25.3 Å². The molecular formula is C26H28ClN5O3S. The number of anilines is 1. The highest BCUT2D eigenvalue weighted by Gasteiger charge is 2.25. The molecule has 2 aliphatic heterocycles. The zero-order valence-corrected chi connectivity index (χ0v) is 21.7. The Morgan fingerprint density at radius 3 is 2.83 bits per heavy atom. The number of benzene rings is 1. The van der Waals surface area contributed by atoms with Crippen molar-refractivity contribution < 1.29 is 9.53 Å². The van der Waals surface area contributed by atoms with Gasteiger partial charge >= 0.3 is 0 Å². The summed E-state index contributed by atoms with van der Waals surface area (Å²) < 4.78 is 8.34. The van der Waals surface area contributed by atoms with Crippen molar-refractivity contribution >= 4 is 60.7 Å². The summed E-state index contributed by atoms with van der Waals surface area (Å²) >= 11 is 7.78. The number of nitrogens with zero attached hydrogens (tertiary/aromatic N) is 4. The number of aromatic nitrogens is 2. The predicted octanol–water partition coefficient (Wildman–Crippen LogP) is 3.77. The van der Waals surface area contributed by atoms with Gasteiger partial charge in [-0.15, -0.1) is 11.3 Å². The maximum atomic E-state index is 13.7. The number of pyridine rings is 2. The molecule has 2 fully saturated rings. The fraction of sp³-hybridized carbons (Fsp3) is 0.423. The number of carbonyl (C=O) groups excluding carboxylic acids is 1. The molecule has 0 bridgehead atoms. The molecular weight excluding hydrogens is 498 g/mol. The maximum Gasteiger partial charge on any atom is 0.258 e. The van der Waals surface area contributed by atoms with Gasteiger partial charge in [0, 0.05) is 30.7 Å². The molecule has 1 unspecified atom stereocenters. The van der Waals surface area contributed by atoms with Crippen molar-refractivity contribution in [3.8, 4) is 0 Å². The number of likely N-dealkylation sites (tertiary alicyclic amines) is 1.